The Labute approximate surface area is 253 Å². The number of phenols is 1. The highest BCUT2D eigenvalue weighted by atomic mass is 19.1. The molecule has 5 heterocycles. The van der Waals surface area contributed by atoms with Gasteiger partial charge in [-0.3, -0.25) is 9.88 Å². The Kier molecular flexibility index (Phi) is 7.28. The number of aliphatic hydroxyl groups excluding tert-OH is 1. The summed E-state index contributed by atoms with van der Waals surface area (Å²) in [7, 11) is 0. The molecule has 0 bridgehead atoms. The van der Waals surface area contributed by atoms with Crippen LogP contribution in [-0.4, -0.2) is 80.7 Å². The van der Waals surface area contributed by atoms with Gasteiger partial charge in [-0.25, -0.2) is 13.2 Å². The summed E-state index contributed by atoms with van der Waals surface area (Å²) in [5.74, 6) is -0.785. The molecule has 0 aliphatic carbocycles. The van der Waals surface area contributed by atoms with E-state index in [0.29, 0.717) is 66.4 Å². The number of ether oxygens (including phenoxy) is 1. The first-order valence-corrected chi connectivity index (χ1v) is 15.4. The van der Waals surface area contributed by atoms with Gasteiger partial charge in [0.15, 0.2) is 5.82 Å². The number of alkyl halides is 1. The van der Waals surface area contributed by atoms with Crippen LogP contribution in [0, 0.1) is 17.6 Å². The molecule has 8 nitrogen and oxygen atoms in total. The van der Waals surface area contributed by atoms with E-state index < -0.39 is 29.4 Å². The summed E-state index contributed by atoms with van der Waals surface area (Å²) in [6.45, 7) is 6.04. The Bertz CT molecular complexity index is 1760. The smallest absolute Gasteiger partial charge is 0.319 e. The van der Waals surface area contributed by atoms with Crippen LogP contribution in [0.15, 0.2) is 30.5 Å². The molecule has 7 rings (SSSR count). The lowest BCUT2D eigenvalue weighted by Gasteiger charge is -2.35. The molecule has 0 unspecified atom stereocenters. The quantitative estimate of drug-likeness (QED) is 0.295. The Morgan fingerprint density at radius 3 is 2.77 bits per heavy atom. The van der Waals surface area contributed by atoms with Crippen molar-refractivity contribution >= 4 is 27.5 Å². The minimum atomic E-state index is -0.926. The number of aryl methyl sites for hydroxylation is 1. The number of anilines is 1. The summed E-state index contributed by atoms with van der Waals surface area (Å²) < 4.78 is 52.2. The van der Waals surface area contributed by atoms with E-state index in [1.54, 1.807) is 6.07 Å². The third-order valence-corrected chi connectivity index (χ3v) is 9.85. The minimum absolute atomic E-state index is 0.0374. The maximum Gasteiger partial charge on any atom is 0.319 e. The van der Waals surface area contributed by atoms with Crippen LogP contribution >= 0.6 is 0 Å². The average Bonchev–Trinajstić information content (AvgIpc) is 3.53. The summed E-state index contributed by atoms with van der Waals surface area (Å²) >= 11 is 0. The maximum atomic E-state index is 16.7. The summed E-state index contributed by atoms with van der Waals surface area (Å²) in [6.07, 6.45) is 3.15. The molecule has 4 atom stereocenters. The Hall–Kier alpha value is -3.70. The number of aromatic nitrogens is 3. The third-order valence-electron chi connectivity index (χ3n) is 9.85. The predicted molar refractivity (Wildman–Crippen MR) is 162 cm³/mol. The molecule has 2 N–H and O–H groups in total. The predicted octanol–water partition coefficient (Wildman–Crippen LogP) is 5.55. The van der Waals surface area contributed by atoms with Crippen LogP contribution in [0.1, 0.15) is 45.1 Å². The lowest BCUT2D eigenvalue weighted by Crippen LogP contribution is -2.44. The van der Waals surface area contributed by atoms with Crippen LogP contribution in [0.5, 0.6) is 11.8 Å². The molecule has 3 aliphatic heterocycles. The van der Waals surface area contributed by atoms with Crippen LogP contribution in [0.25, 0.3) is 32.9 Å². The second kappa shape index (κ2) is 11.0. The topological polar surface area (TPSA) is 94.8 Å². The monoisotopic (exact) mass is 607 g/mol. The fourth-order valence-electron chi connectivity index (χ4n) is 7.44. The van der Waals surface area contributed by atoms with Gasteiger partial charge >= 0.3 is 6.01 Å². The molecule has 3 aliphatic rings. The first kappa shape index (κ1) is 29.0. The maximum absolute atomic E-state index is 16.7. The second-order valence-corrected chi connectivity index (χ2v) is 12.6. The van der Waals surface area contributed by atoms with Gasteiger partial charge in [0.1, 0.15) is 41.4 Å². The number of halogens is 3. The molecule has 0 saturated carbocycles. The Balaban J connectivity index is 1.37. The summed E-state index contributed by atoms with van der Waals surface area (Å²) in [4.78, 5) is 17.7. The number of aromatic hydroxyl groups is 1. The molecule has 2 aromatic heterocycles. The molecule has 2 aromatic carbocycles. The van der Waals surface area contributed by atoms with Crippen molar-refractivity contribution in [3.63, 3.8) is 0 Å². The van der Waals surface area contributed by atoms with Crippen molar-refractivity contribution in [2.45, 2.75) is 63.8 Å². The van der Waals surface area contributed by atoms with Gasteiger partial charge in [-0.1, -0.05) is 19.9 Å². The number of rotatable bonds is 6. The summed E-state index contributed by atoms with van der Waals surface area (Å²) in [5, 5.41) is 22.6. The van der Waals surface area contributed by atoms with Gasteiger partial charge in [0.25, 0.3) is 0 Å². The lowest BCUT2D eigenvalue weighted by molar-refractivity contribution is 0.101. The van der Waals surface area contributed by atoms with Crippen molar-refractivity contribution in [2.24, 2.45) is 5.92 Å². The van der Waals surface area contributed by atoms with Gasteiger partial charge in [0.05, 0.1) is 17.0 Å². The normalized spacial score (nSPS) is 25.7. The highest BCUT2D eigenvalue weighted by molar-refractivity contribution is 6.01. The molecule has 0 radical (unpaired) electrons. The van der Waals surface area contributed by atoms with Crippen molar-refractivity contribution < 1.29 is 28.1 Å². The molecule has 0 spiro atoms. The zero-order valence-electron chi connectivity index (χ0n) is 24.9. The molecule has 11 heteroatoms. The first-order chi connectivity index (χ1) is 21.2. The second-order valence-electron chi connectivity index (χ2n) is 12.6. The van der Waals surface area contributed by atoms with E-state index >= 15 is 4.39 Å². The summed E-state index contributed by atoms with van der Waals surface area (Å²) in [5.41, 5.74) is 0.0761. The Morgan fingerprint density at radius 2 is 1.98 bits per heavy atom. The van der Waals surface area contributed by atoms with Gasteiger partial charge in [0.2, 0.25) is 0 Å². The molecular weight excluding hydrogens is 571 g/mol. The molecule has 3 saturated heterocycles. The molecule has 44 heavy (non-hydrogen) atoms. The molecule has 3 fully saturated rings. The van der Waals surface area contributed by atoms with E-state index in [-0.39, 0.29) is 41.1 Å². The number of piperidine rings is 1. The van der Waals surface area contributed by atoms with E-state index in [4.69, 9.17) is 9.72 Å². The number of benzene rings is 2. The van der Waals surface area contributed by atoms with Gasteiger partial charge in [0, 0.05) is 37.8 Å². The van der Waals surface area contributed by atoms with Crippen LogP contribution in [0.2, 0.25) is 0 Å². The average molecular weight is 608 g/mol. The van der Waals surface area contributed by atoms with Crippen molar-refractivity contribution in [2.75, 3.05) is 37.7 Å². The third kappa shape index (κ3) is 4.81. The summed E-state index contributed by atoms with van der Waals surface area (Å²) in [6, 6.07) is 5.76. The number of hydrogen-bond donors (Lipinski definition) is 2. The number of pyridine rings is 1. The van der Waals surface area contributed by atoms with Crippen LogP contribution in [0.4, 0.5) is 19.0 Å². The van der Waals surface area contributed by atoms with Crippen molar-refractivity contribution in [3.05, 3.63) is 47.7 Å². The van der Waals surface area contributed by atoms with Gasteiger partial charge in [-0.15, -0.1) is 0 Å². The standard InChI is InChI=1S/C33H36F3N5O3/c1-3-22-25(35)6-5-19-11-21(42)12-23(27(19)22)29-28(36)30-24(14-37-29)31(40-10-7-18(2)26(43)16-40)39-32(38-30)44-17-33-8-4-9-41(33)15-20(34)13-33/h5-6,11-12,14,18,20,26,42-43H,3-4,7-10,13,15-17H2,1-2H3/t18-,20-,26+,33+/m1/s1. The Morgan fingerprint density at radius 1 is 1.14 bits per heavy atom. The lowest BCUT2D eigenvalue weighted by atomic mass is 9.94. The molecule has 0 amide bonds. The van der Waals surface area contributed by atoms with Crippen molar-refractivity contribution in [1.29, 1.82) is 0 Å². The number of nitrogens with zero attached hydrogens (tertiary/aromatic N) is 5. The number of hydrogen-bond acceptors (Lipinski definition) is 8. The fraction of sp³-hybridized carbons (Fsp3) is 0.485. The molecule has 232 valence electrons. The zero-order valence-corrected chi connectivity index (χ0v) is 24.9. The van der Waals surface area contributed by atoms with E-state index in [1.807, 2.05) is 18.7 Å². The van der Waals surface area contributed by atoms with Crippen LogP contribution in [-0.2, 0) is 6.42 Å². The van der Waals surface area contributed by atoms with Crippen LogP contribution < -0.4 is 9.64 Å². The first-order valence-electron chi connectivity index (χ1n) is 15.4. The minimum Gasteiger partial charge on any atom is -0.508 e. The number of aliphatic hydroxyl groups is 1. The number of phenolic OH excluding ortho intramolecular Hbond substituents is 1. The van der Waals surface area contributed by atoms with Crippen LogP contribution in [0.3, 0.4) is 0 Å². The fourth-order valence-corrected chi connectivity index (χ4v) is 7.44. The van der Waals surface area contributed by atoms with E-state index in [9.17, 15) is 19.0 Å². The van der Waals surface area contributed by atoms with Crippen molar-refractivity contribution in [1.82, 2.24) is 19.9 Å². The van der Waals surface area contributed by atoms with Gasteiger partial charge in [-0.05, 0) is 72.7 Å². The zero-order chi connectivity index (χ0) is 30.7. The number of fused-ring (bicyclic) bond motifs is 3. The van der Waals surface area contributed by atoms with Crippen molar-refractivity contribution in [3.8, 4) is 23.0 Å². The largest absolute Gasteiger partial charge is 0.508 e. The number of β-amino-alcohol motifs (C(OH)–C–C–N with tert-alkyl or cyclic N) is 1. The molecule has 4 aromatic rings. The van der Waals surface area contributed by atoms with E-state index in [0.717, 1.165) is 19.4 Å². The van der Waals surface area contributed by atoms with Gasteiger partial charge < -0.3 is 19.8 Å². The van der Waals surface area contributed by atoms with Gasteiger partial charge in [-0.2, -0.15) is 9.97 Å². The highest BCUT2D eigenvalue weighted by Crippen LogP contribution is 2.42. The SMILES string of the molecule is CCc1c(F)ccc2cc(O)cc(-c3ncc4c(N5CC[C@@H](C)[C@@H](O)C5)nc(OC[C@@]56CCCN5C[C@H](F)C6)nc4c3F)c12. The van der Waals surface area contributed by atoms with E-state index in [1.165, 1.54) is 24.4 Å². The molecular formula is C33H36F3N5O3. The highest BCUT2D eigenvalue weighted by Gasteiger charge is 2.49. The van der Waals surface area contributed by atoms with E-state index in [2.05, 4.69) is 14.9 Å².